The van der Waals surface area contributed by atoms with Crippen molar-refractivity contribution in [2.24, 2.45) is 0 Å². The summed E-state index contributed by atoms with van der Waals surface area (Å²) in [5.41, 5.74) is 0.936. The minimum atomic E-state index is -0.112. The number of hydrogen-bond acceptors (Lipinski definition) is 3. The van der Waals surface area contributed by atoms with Crippen molar-refractivity contribution in [2.45, 2.75) is 36.8 Å². The molecule has 2 heterocycles. The van der Waals surface area contributed by atoms with Gasteiger partial charge in [-0.25, -0.2) is 0 Å². The Kier molecular flexibility index (Phi) is 3.96. The minimum Gasteiger partial charge on any atom is -0.490 e. The molecule has 2 aliphatic heterocycles. The highest BCUT2D eigenvalue weighted by atomic mass is 35.5. The van der Waals surface area contributed by atoms with Crippen LogP contribution in [0.25, 0.3) is 0 Å². The molecule has 1 aromatic carbocycles. The van der Waals surface area contributed by atoms with Crippen LogP contribution in [0.2, 0.25) is 0 Å². The summed E-state index contributed by atoms with van der Waals surface area (Å²) in [6.45, 7) is 2.24. The Morgan fingerprint density at radius 1 is 1.32 bits per heavy atom. The van der Waals surface area contributed by atoms with Crippen LogP contribution in [-0.4, -0.2) is 31.5 Å². The van der Waals surface area contributed by atoms with Crippen molar-refractivity contribution >= 4 is 11.6 Å². The Hall–Kier alpha value is -0.770. The first-order chi connectivity index (χ1) is 9.31. The highest BCUT2D eigenvalue weighted by Gasteiger charge is 2.41. The number of hydrogen-bond donors (Lipinski definition) is 0. The second-order valence-corrected chi connectivity index (χ2v) is 5.58. The average molecular weight is 283 g/mol. The lowest BCUT2D eigenvalue weighted by Crippen LogP contribution is -2.44. The van der Waals surface area contributed by atoms with Gasteiger partial charge in [0.05, 0.1) is 24.7 Å². The maximum atomic E-state index is 6.14. The zero-order valence-electron chi connectivity index (χ0n) is 10.9. The van der Waals surface area contributed by atoms with Crippen molar-refractivity contribution < 1.29 is 14.2 Å². The van der Waals surface area contributed by atoms with Gasteiger partial charge in [-0.3, -0.25) is 0 Å². The molecule has 0 aromatic heterocycles. The van der Waals surface area contributed by atoms with Gasteiger partial charge in [-0.1, -0.05) is 18.2 Å². The normalized spacial score (nSPS) is 30.7. The van der Waals surface area contributed by atoms with Gasteiger partial charge in [0.25, 0.3) is 0 Å². The molecule has 1 spiro atoms. The summed E-state index contributed by atoms with van der Waals surface area (Å²) in [5.74, 6) is 1.38. The molecule has 2 aliphatic rings. The van der Waals surface area contributed by atoms with Gasteiger partial charge in [-0.05, 0) is 6.07 Å². The number of alkyl halides is 1. The van der Waals surface area contributed by atoms with Gasteiger partial charge < -0.3 is 14.2 Å². The van der Waals surface area contributed by atoms with Gasteiger partial charge >= 0.3 is 0 Å². The predicted octanol–water partition coefficient (Wildman–Crippen LogP) is 3.14. The maximum Gasteiger partial charge on any atom is 0.124 e. The SMILES string of the molecule is ClCc1ccccc1OC1CCOC2(CCOC2)C1. The molecular weight excluding hydrogens is 264 g/mol. The Bertz CT molecular complexity index is 429. The number of rotatable bonds is 3. The molecule has 0 N–H and O–H groups in total. The van der Waals surface area contributed by atoms with Gasteiger partial charge in [0, 0.05) is 31.4 Å². The Balaban J connectivity index is 1.69. The second kappa shape index (κ2) is 5.70. The van der Waals surface area contributed by atoms with Crippen molar-refractivity contribution in [3.8, 4) is 5.75 Å². The summed E-state index contributed by atoms with van der Waals surface area (Å²) in [4.78, 5) is 0. The molecule has 0 aliphatic carbocycles. The van der Waals surface area contributed by atoms with Crippen LogP contribution in [0, 0.1) is 0 Å². The van der Waals surface area contributed by atoms with Crippen LogP contribution in [-0.2, 0) is 15.4 Å². The van der Waals surface area contributed by atoms with Crippen molar-refractivity contribution in [3.63, 3.8) is 0 Å². The smallest absolute Gasteiger partial charge is 0.124 e. The number of benzene rings is 1. The van der Waals surface area contributed by atoms with E-state index in [9.17, 15) is 0 Å². The summed E-state index contributed by atoms with van der Waals surface area (Å²) < 4.78 is 17.5. The van der Waals surface area contributed by atoms with Crippen LogP contribution in [0.4, 0.5) is 0 Å². The first-order valence-corrected chi connectivity index (χ1v) is 7.37. The van der Waals surface area contributed by atoms with Crippen LogP contribution in [0.1, 0.15) is 24.8 Å². The summed E-state index contributed by atoms with van der Waals surface area (Å²) in [6, 6.07) is 7.97. The summed E-state index contributed by atoms with van der Waals surface area (Å²) in [7, 11) is 0. The predicted molar refractivity (Wildman–Crippen MR) is 73.8 cm³/mol. The first kappa shape index (κ1) is 13.2. The molecule has 0 amide bonds. The number of ether oxygens (including phenoxy) is 3. The van der Waals surface area contributed by atoms with Gasteiger partial charge in [-0.15, -0.1) is 11.6 Å². The Morgan fingerprint density at radius 3 is 3.00 bits per heavy atom. The molecule has 2 unspecified atom stereocenters. The largest absolute Gasteiger partial charge is 0.490 e. The molecule has 0 saturated carbocycles. The molecule has 104 valence electrons. The number of halogens is 1. The van der Waals surface area contributed by atoms with E-state index < -0.39 is 0 Å². The van der Waals surface area contributed by atoms with Gasteiger partial charge in [0.2, 0.25) is 0 Å². The van der Waals surface area contributed by atoms with E-state index in [2.05, 4.69) is 0 Å². The van der Waals surface area contributed by atoms with Crippen LogP contribution in [0.5, 0.6) is 5.75 Å². The zero-order chi connectivity index (χ0) is 13.1. The molecule has 3 rings (SSSR count). The van der Waals surface area contributed by atoms with E-state index in [0.717, 1.165) is 43.8 Å². The number of para-hydroxylation sites is 1. The second-order valence-electron chi connectivity index (χ2n) is 5.31. The van der Waals surface area contributed by atoms with E-state index in [4.69, 9.17) is 25.8 Å². The average Bonchev–Trinajstić information content (AvgIpc) is 2.87. The summed E-state index contributed by atoms with van der Waals surface area (Å²) in [6.07, 6.45) is 3.01. The fourth-order valence-corrected chi connectivity index (χ4v) is 3.08. The standard InChI is InChI=1S/C15H19ClO3/c16-10-12-3-1-2-4-14(12)19-13-5-7-18-15(9-13)6-8-17-11-15/h1-4,13H,5-11H2. The van der Waals surface area contributed by atoms with Crippen molar-refractivity contribution in [2.75, 3.05) is 19.8 Å². The fraction of sp³-hybridized carbons (Fsp3) is 0.600. The molecule has 19 heavy (non-hydrogen) atoms. The third-order valence-corrected chi connectivity index (χ3v) is 4.21. The van der Waals surface area contributed by atoms with Gasteiger partial charge in [0.1, 0.15) is 11.9 Å². The van der Waals surface area contributed by atoms with Gasteiger partial charge in [-0.2, -0.15) is 0 Å². The van der Waals surface area contributed by atoms with Crippen LogP contribution in [0.3, 0.4) is 0 Å². The van der Waals surface area contributed by atoms with E-state index in [1.54, 1.807) is 0 Å². The molecular formula is C15H19ClO3. The summed E-state index contributed by atoms with van der Waals surface area (Å²) >= 11 is 5.95. The van der Waals surface area contributed by atoms with E-state index in [1.807, 2.05) is 24.3 Å². The van der Waals surface area contributed by atoms with Crippen LogP contribution >= 0.6 is 11.6 Å². The molecule has 4 heteroatoms. The Morgan fingerprint density at radius 2 is 2.21 bits per heavy atom. The molecule has 0 bridgehead atoms. The fourth-order valence-electron chi connectivity index (χ4n) is 2.86. The quantitative estimate of drug-likeness (QED) is 0.797. The summed E-state index contributed by atoms with van der Waals surface area (Å²) in [5, 5.41) is 0. The molecule has 3 nitrogen and oxygen atoms in total. The Labute approximate surface area is 118 Å². The third-order valence-electron chi connectivity index (χ3n) is 3.93. The molecule has 0 radical (unpaired) electrons. The van der Waals surface area contributed by atoms with E-state index in [1.165, 1.54) is 0 Å². The monoisotopic (exact) mass is 282 g/mol. The van der Waals surface area contributed by atoms with Crippen molar-refractivity contribution in [1.82, 2.24) is 0 Å². The lowest BCUT2D eigenvalue weighted by molar-refractivity contribution is -0.112. The first-order valence-electron chi connectivity index (χ1n) is 6.84. The highest BCUT2D eigenvalue weighted by molar-refractivity contribution is 6.17. The topological polar surface area (TPSA) is 27.7 Å². The van der Waals surface area contributed by atoms with Crippen LogP contribution in [0.15, 0.2) is 24.3 Å². The van der Waals surface area contributed by atoms with E-state index in [-0.39, 0.29) is 11.7 Å². The lowest BCUT2D eigenvalue weighted by atomic mass is 9.91. The molecule has 2 saturated heterocycles. The molecule has 2 atom stereocenters. The third kappa shape index (κ3) is 2.88. The molecule has 1 aromatic rings. The highest BCUT2D eigenvalue weighted by Crippen LogP contribution is 2.35. The lowest BCUT2D eigenvalue weighted by Gasteiger charge is -2.37. The minimum absolute atomic E-state index is 0.112. The maximum absolute atomic E-state index is 6.14. The van der Waals surface area contributed by atoms with Gasteiger partial charge in [0.15, 0.2) is 0 Å². The van der Waals surface area contributed by atoms with E-state index >= 15 is 0 Å². The van der Waals surface area contributed by atoms with E-state index in [0.29, 0.717) is 12.5 Å². The van der Waals surface area contributed by atoms with Crippen LogP contribution < -0.4 is 4.74 Å². The van der Waals surface area contributed by atoms with Crippen molar-refractivity contribution in [3.05, 3.63) is 29.8 Å². The molecule has 2 fully saturated rings. The zero-order valence-corrected chi connectivity index (χ0v) is 11.7. The van der Waals surface area contributed by atoms with Crippen molar-refractivity contribution in [1.29, 1.82) is 0 Å².